The molecule has 0 aliphatic carbocycles. The minimum absolute atomic E-state index is 0.0644. The van der Waals surface area contributed by atoms with Crippen LogP contribution in [0.1, 0.15) is 25.1 Å². The highest BCUT2D eigenvalue weighted by Crippen LogP contribution is 2.26. The van der Waals surface area contributed by atoms with Crippen LogP contribution in [0.2, 0.25) is 0 Å². The maximum Gasteiger partial charge on any atom is 0.219 e. The van der Waals surface area contributed by atoms with E-state index in [-0.39, 0.29) is 5.91 Å². The Balaban J connectivity index is 1.92. The number of anilines is 1. The van der Waals surface area contributed by atoms with E-state index in [0.29, 0.717) is 38.7 Å². The van der Waals surface area contributed by atoms with Crippen molar-refractivity contribution in [3.8, 4) is 11.5 Å². The van der Waals surface area contributed by atoms with Crippen LogP contribution >= 0.6 is 0 Å². The van der Waals surface area contributed by atoms with E-state index in [2.05, 4.69) is 20.3 Å². The summed E-state index contributed by atoms with van der Waals surface area (Å²) in [6, 6.07) is 5.66. The first-order valence-electron chi connectivity index (χ1n) is 8.57. The van der Waals surface area contributed by atoms with Crippen LogP contribution in [0.25, 0.3) is 11.5 Å². The third-order valence-corrected chi connectivity index (χ3v) is 4.15. The standard InChI is InChI=1S/C18H23N5O2/c1-3-25-11-9-20-17-14-7-10-23(13(2)24)12-16(14)21-18(22-17)15-6-4-5-8-19-15/h4-6,8H,3,7,9-12H2,1-2H3,(H,20,21,22). The molecule has 7 heteroatoms. The molecule has 0 fully saturated rings. The minimum atomic E-state index is 0.0644. The molecule has 0 unspecified atom stereocenters. The first-order chi connectivity index (χ1) is 12.2. The van der Waals surface area contributed by atoms with Gasteiger partial charge in [0, 0.05) is 38.4 Å². The molecule has 2 aromatic rings. The van der Waals surface area contributed by atoms with Gasteiger partial charge in [0.25, 0.3) is 0 Å². The van der Waals surface area contributed by atoms with Gasteiger partial charge in [0.2, 0.25) is 5.91 Å². The van der Waals surface area contributed by atoms with Crippen molar-refractivity contribution < 1.29 is 9.53 Å². The Morgan fingerprint density at radius 3 is 2.96 bits per heavy atom. The fourth-order valence-corrected chi connectivity index (χ4v) is 2.84. The number of aromatic nitrogens is 3. The summed E-state index contributed by atoms with van der Waals surface area (Å²) >= 11 is 0. The first-order valence-corrected chi connectivity index (χ1v) is 8.57. The van der Waals surface area contributed by atoms with Gasteiger partial charge in [-0.1, -0.05) is 6.07 Å². The van der Waals surface area contributed by atoms with Gasteiger partial charge >= 0.3 is 0 Å². The summed E-state index contributed by atoms with van der Waals surface area (Å²) < 4.78 is 5.39. The maximum atomic E-state index is 11.7. The molecule has 0 bridgehead atoms. The van der Waals surface area contributed by atoms with Crippen molar-refractivity contribution in [3.05, 3.63) is 35.7 Å². The number of ether oxygens (including phenoxy) is 1. The quantitative estimate of drug-likeness (QED) is 0.808. The molecule has 0 saturated heterocycles. The Bertz CT molecular complexity index is 736. The van der Waals surface area contributed by atoms with Gasteiger partial charge in [0.15, 0.2) is 5.82 Å². The Labute approximate surface area is 147 Å². The number of amides is 1. The second-order valence-corrected chi connectivity index (χ2v) is 5.85. The normalized spacial score (nSPS) is 13.4. The molecule has 0 aromatic carbocycles. The number of rotatable bonds is 6. The van der Waals surface area contributed by atoms with Crippen LogP contribution in [0.4, 0.5) is 5.82 Å². The highest BCUT2D eigenvalue weighted by Gasteiger charge is 2.24. The summed E-state index contributed by atoms with van der Waals surface area (Å²) in [5.74, 6) is 1.45. The highest BCUT2D eigenvalue weighted by atomic mass is 16.5. The van der Waals surface area contributed by atoms with Gasteiger partial charge in [0.1, 0.15) is 11.5 Å². The molecule has 0 radical (unpaired) electrons. The number of carbonyl (C=O) groups excluding carboxylic acids is 1. The molecule has 1 aliphatic rings. The SMILES string of the molecule is CCOCCNc1nc(-c2ccccn2)nc2c1CCN(C(C)=O)C2. The van der Waals surface area contributed by atoms with Gasteiger partial charge in [-0.3, -0.25) is 9.78 Å². The smallest absolute Gasteiger partial charge is 0.219 e. The lowest BCUT2D eigenvalue weighted by Crippen LogP contribution is -2.35. The highest BCUT2D eigenvalue weighted by molar-refractivity contribution is 5.74. The predicted octanol–water partition coefficient (Wildman–Crippen LogP) is 1.89. The van der Waals surface area contributed by atoms with Crippen LogP contribution in [0.5, 0.6) is 0 Å². The van der Waals surface area contributed by atoms with Crippen LogP contribution in [-0.2, 0) is 22.5 Å². The Morgan fingerprint density at radius 2 is 2.24 bits per heavy atom. The number of hydrogen-bond donors (Lipinski definition) is 1. The second kappa shape index (κ2) is 8.02. The Morgan fingerprint density at radius 1 is 1.36 bits per heavy atom. The van der Waals surface area contributed by atoms with Crippen molar-refractivity contribution in [2.75, 3.05) is 31.6 Å². The van der Waals surface area contributed by atoms with Crippen molar-refractivity contribution in [1.29, 1.82) is 0 Å². The number of pyridine rings is 1. The molecule has 2 aromatic heterocycles. The van der Waals surface area contributed by atoms with Crippen LogP contribution in [0.15, 0.2) is 24.4 Å². The van der Waals surface area contributed by atoms with Gasteiger partial charge < -0.3 is 15.0 Å². The van der Waals surface area contributed by atoms with E-state index in [0.717, 1.165) is 29.2 Å². The topological polar surface area (TPSA) is 80.2 Å². The van der Waals surface area contributed by atoms with E-state index in [1.165, 1.54) is 0 Å². The van der Waals surface area contributed by atoms with Crippen LogP contribution in [0, 0.1) is 0 Å². The molecule has 3 rings (SSSR count). The largest absolute Gasteiger partial charge is 0.380 e. The molecule has 1 N–H and O–H groups in total. The summed E-state index contributed by atoms with van der Waals surface area (Å²) in [5.41, 5.74) is 2.68. The average molecular weight is 341 g/mol. The zero-order valence-corrected chi connectivity index (χ0v) is 14.7. The molecule has 3 heterocycles. The molecule has 1 aliphatic heterocycles. The predicted molar refractivity (Wildman–Crippen MR) is 95.0 cm³/mol. The van der Waals surface area contributed by atoms with E-state index >= 15 is 0 Å². The van der Waals surface area contributed by atoms with Gasteiger partial charge in [-0.2, -0.15) is 0 Å². The monoisotopic (exact) mass is 341 g/mol. The lowest BCUT2D eigenvalue weighted by molar-refractivity contribution is -0.129. The maximum absolute atomic E-state index is 11.7. The number of carbonyl (C=O) groups is 1. The zero-order valence-electron chi connectivity index (χ0n) is 14.7. The fraction of sp³-hybridized carbons (Fsp3) is 0.444. The molecule has 0 atom stereocenters. The summed E-state index contributed by atoms with van der Waals surface area (Å²) in [4.78, 5) is 27.2. The van der Waals surface area contributed by atoms with Gasteiger partial charge in [-0.15, -0.1) is 0 Å². The zero-order chi connectivity index (χ0) is 17.6. The summed E-state index contributed by atoms with van der Waals surface area (Å²) in [7, 11) is 0. The van der Waals surface area contributed by atoms with Gasteiger partial charge in [-0.25, -0.2) is 9.97 Å². The molecular formula is C18H23N5O2. The fourth-order valence-electron chi connectivity index (χ4n) is 2.84. The van der Waals surface area contributed by atoms with Crippen molar-refractivity contribution in [2.45, 2.75) is 26.8 Å². The number of nitrogens with one attached hydrogen (secondary N) is 1. The van der Waals surface area contributed by atoms with Crippen molar-refractivity contribution in [2.24, 2.45) is 0 Å². The molecule has 0 spiro atoms. The Kier molecular flexibility index (Phi) is 5.55. The van der Waals surface area contributed by atoms with E-state index in [1.807, 2.05) is 30.0 Å². The second-order valence-electron chi connectivity index (χ2n) is 5.85. The van der Waals surface area contributed by atoms with Gasteiger partial charge in [0.05, 0.1) is 18.8 Å². The summed E-state index contributed by atoms with van der Waals surface area (Å²) in [6.45, 7) is 6.75. The lowest BCUT2D eigenvalue weighted by atomic mass is 10.0. The molecule has 7 nitrogen and oxygen atoms in total. The van der Waals surface area contributed by atoms with Gasteiger partial charge in [-0.05, 0) is 25.5 Å². The number of hydrogen-bond acceptors (Lipinski definition) is 6. The number of nitrogens with zero attached hydrogens (tertiary/aromatic N) is 4. The molecule has 132 valence electrons. The molecular weight excluding hydrogens is 318 g/mol. The van der Waals surface area contributed by atoms with Crippen LogP contribution in [-0.4, -0.2) is 52.1 Å². The van der Waals surface area contributed by atoms with E-state index in [1.54, 1.807) is 13.1 Å². The van der Waals surface area contributed by atoms with E-state index < -0.39 is 0 Å². The third kappa shape index (κ3) is 4.11. The third-order valence-electron chi connectivity index (χ3n) is 4.15. The van der Waals surface area contributed by atoms with Crippen molar-refractivity contribution in [1.82, 2.24) is 19.9 Å². The summed E-state index contributed by atoms with van der Waals surface area (Å²) in [6.07, 6.45) is 2.47. The number of fused-ring (bicyclic) bond motifs is 1. The van der Waals surface area contributed by atoms with Crippen molar-refractivity contribution >= 4 is 11.7 Å². The molecule has 1 amide bonds. The molecule has 25 heavy (non-hydrogen) atoms. The first kappa shape index (κ1) is 17.3. The lowest BCUT2D eigenvalue weighted by Gasteiger charge is -2.28. The average Bonchev–Trinajstić information content (AvgIpc) is 2.65. The molecule has 0 saturated carbocycles. The van der Waals surface area contributed by atoms with E-state index in [4.69, 9.17) is 4.74 Å². The van der Waals surface area contributed by atoms with Crippen LogP contribution < -0.4 is 5.32 Å². The van der Waals surface area contributed by atoms with Crippen LogP contribution in [0.3, 0.4) is 0 Å². The van der Waals surface area contributed by atoms with E-state index in [9.17, 15) is 4.79 Å². The van der Waals surface area contributed by atoms with Crippen molar-refractivity contribution in [3.63, 3.8) is 0 Å². The summed E-state index contributed by atoms with van der Waals surface area (Å²) in [5, 5.41) is 3.35. The minimum Gasteiger partial charge on any atom is -0.380 e. The Hall–Kier alpha value is -2.54.